The van der Waals surface area contributed by atoms with Crippen molar-refractivity contribution in [3.8, 4) is 0 Å². The van der Waals surface area contributed by atoms with Gasteiger partial charge in [-0.2, -0.15) is 0 Å². The largest absolute Gasteiger partial charge is 0.481 e. The molecule has 2 rings (SSSR count). The molecule has 0 aliphatic rings. The van der Waals surface area contributed by atoms with E-state index < -0.39 is 35.8 Å². The van der Waals surface area contributed by atoms with Gasteiger partial charge in [-0.3, -0.25) is 19.0 Å². The maximum Gasteiger partial charge on any atom is 0.326 e. The average molecular weight is 375 g/mol. The molecule has 0 fully saturated rings. The zero-order valence-corrected chi connectivity index (χ0v) is 14.7. The number of fused-ring (bicyclic) bond motifs is 1. The molecule has 0 unspecified atom stereocenters. The lowest BCUT2D eigenvalue weighted by Gasteiger charge is -2.12. The molecular formula is C18H21N3O6. The number of benzene rings is 1. The molecule has 0 radical (unpaired) electrons. The van der Waals surface area contributed by atoms with E-state index in [9.17, 15) is 24.3 Å². The van der Waals surface area contributed by atoms with Crippen LogP contribution in [0, 0.1) is 0 Å². The van der Waals surface area contributed by atoms with Gasteiger partial charge in [0.2, 0.25) is 11.8 Å². The van der Waals surface area contributed by atoms with Crippen molar-refractivity contribution >= 4 is 34.7 Å². The summed E-state index contributed by atoms with van der Waals surface area (Å²) in [6, 6.07) is 4.76. The van der Waals surface area contributed by atoms with Crippen LogP contribution >= 0.6 is 0 Å². The SMILES string of the molecule is CC(=O)N[C@@H](Cc1cn(C(=O)[C@@H](N)CCC(=O)O)c2ccccc12)C(=O)O. The third-order valence-electron chi connectivity index (χ3n) is 4.12. The molecule has 0 saturated heterocycles. The minimum atomic E-state index is -1.19. The molecule has 1 heterocycles. The standard InChI is InChI=1S/C18H21N3O6/c1-10(22)20-14(18(26)27)8-11-9-21(15-5-3-2-4-12(11)15)17(25)13(19)6-7-16(23)24/h2-5,9,13-14H,6-8,19H2,1H3,(H,20,22)(H,23,24)(H,26,27)/t13-,14-/m0/s1. The van der Waals surface area contributed by atoms with Crippen molar-refractivity contribution in [3.05, 3.63) is 36.0 Å². The lowest BCUT2D eigenvalue weighted by molar-refractivity contribution is -0.141. The number of amides is 1. The van der Waals surface area contributed by atoms with Crippen molar-refractivity contribution in [2.24, 2.45) is 5.73 Å². The number of nitrogens with two attached hydrogens (primary N) is 1. The van der Waals surface area contributed by atoms with E-state index in [1.54, 1.807) is 24.3 Å². The summed E-state index contributed by atoms with van der Waals surface area (Å²) in [6.45, 7) is 1.23. The Morgan fingerprint density at radius 1 is 1.19 bits per heavy atom. The molecule has 5 N–H and O–H groups in total. The highest BCUT2D eigenvalue weighted by atomic mass is 16.4. The van der Waals surface area contributed by atoms with Crippen LogP contribution in [0.3, 0.4) is 0 Å². The van der Waals surface area contributed by atoms with Crippen molar-refractivity contribution in [1.29, 1.82) is 0 Å². The maximum absolute atomic E-state index is 12.6. The minimum Gasteiger partial charge on any atom is -0.481 e. The van der Waals surface area contributed by atoms with Gasteiger partial charge in [0, 0.05) is 31.3 Å². The molecule has 1 aromatic carbocycles. The van der Waals surface area contributed by atoms with Crippen molar-refractivity contribution in [3.63, 3.8) is 0 Å². The Morgan fingerprint density at radius 2 is 1.85 bits per heavy atom. The van der Waals surface area contributed by atoms with Gasteiger partial charge in [0.05, 0.1) is 11.6 Å². The zero-order chi connectivity index (χ0) is 20.1. The summed E-state index contributed by atoms with van der Waals surface area (Å²) in [5, 5.41) is 21.1. The first-order valence-corrected chi connectivity index (χ1v) is 8.31. The Morgan fingerprint density at radius 3 is 2.44 bits per heavy atom. The highest BCUT2D eigenvalue weighted by molar-refractivity contribution is 5.97. The second-order valence-corrected chi connectivity index (χ2v) is 6.21. The number of carbonyl (C=O) groups excluding carboxylic acids is 2. The number of aliphatic carboxylic acids is 2. The van der Waals surface area contributed by atoms with Crippen molar-refractivity contribution < 1.29 is 29.4 Å². The molecule has 1 amide bonds. The van der Waals surface area contributed by atoms with Crippen LogP contribution in [0.1, 0.15) is 30.1 Å². The predicted octanol–water partition coefficient (Wildman–Crippen LogP) is 0.605. The van der Waals surface area contributed by atoms with Gasteiger partial charge in [0.1, 0.15) is 6.04 Å². The second-order valence-electron chi connectivity index (χ2n) is 6.21. The van der Waals surface area contributed by atoms with E-state index in [1.807, 2.05) is 0 Å². The fraction of sp³-hybridized carbons (Fsp3) is 0.333. The zero-order valence-electron chi connectivity index (χ0n) is 14.7. The first-order valence-electron chi connectivity index (χ1n) is 8.31. The molecule has 27 heavy (non-hydrogen) atoms. The third-order valence-corrected chi connectivity index (χ3v) is 4.12. The third kappa shape index (κ3) is 4.91. The molecule has 0 spiro atoms. The molecular weight excluding hydrogens is 354 g/mol. The van der Waals surface area contributed by atoms with Gasteiger partial charge in [0.15, 0.2) is 0 Å². The summed E-state index contributed by atoms with van der Waals surface area (Å²) >= 11 is 0. The Balaban J connectivity index is 2.37. The predicted molar refractivity (Wildman–Crippen MR) is 96.4 cm³/mol. The number of aromatic nitrogens is 1. The van der Waals surface area contributed by atoms with Gasteiger partial charge in [0.25, 0.3) is 0 Å². The lowest BCUT2D eigenvalue weighted by atomic mass is 10.1. The van der Waals surface area contributed by atoms with Crippen LogP contribution in [0.25, 0.3) is 10.9 Å². The van der Waals surface area contributed by atoms with Crippen LogP contribution < -0.4 is 11.1 Å². The van der Waals surface area contributed by atoms with E-state index in [2.05, 4.69) is 5.32 Å². The summed E-state index contributed by atoms with van der Waals surface area (Å²) in [6.07, 6.45) is 1.23. The number of rotatable bonds is 8. The number of carbonyl (C=O) groups is 4. The van der Waals surface area contributed by atoms with E-state index in [4.69, 9.17) is 10.8 Å². The van der Waals surface area contributed by atoms with Crippen LogP contribution in [0.4, 0.5) is 0 Å². The molecule has 144 valence electrons. The average Bonchev–Trinajstić information content (AvgIpc) is 2.96. The van der Waals surface area contributed by atoms with Crippen molar-refractivity contribution in [1.82, 2.24) is 9.88 Å². The number of nitrogens with zero attached hydrogens (tertiary/aromatic N) is 1. The lowest BCUT2D eigenvalue weighted by Crippen LogP contribution is -2.41. The second kappa shape index (κ2) is 8.45. The van der Waals surface area contributed by atoms with Crippen LogP contribution in [0.15, 0.2) is 30.5 Å². The van der Waals surface area contributed by atoms with Gasteiger partial charge in [-0.15, -0.1) is 0 Å². The number of carboxylic acid groups (broad SMARTS) is 2. The number of hydrogen-bond donors (Lipinski definition) is 4. The van der Waals surface area contributed by atoms with Gasteiger partial charge in [-0.1, -0.05) is 18.2 Å². The molecule has 0 aliphatic carbocycles. The Hall–Kier alpha value is -3.20. The van der Waals surface area contributed by atoms with Crippen molar-refractivity contribution in [2.75, 3.05) is 0 Å². The van der Waals surface area contributed by atoms with Crippen LogP contribution in [-0.4, -0.2) is 50.6 Å². The maximum atomic E-state index is 12.6. The fourth-order valence-electron chi connectivity index (χ4n) is 2.84. The van der Waals surface area contributed by atoms with Crippen molar-refractivity contribution in [2.45, 2.75) is 38.3 Å². The van der Waals surface area contributed by atoms with Crippen LogP contribution in [-0.2, 0) is 20.8 Å². The molecule has 9 nitrogen and oxygen atoms in total. The van der Waals surface area contributed by atoms with Gasteiger partial charge in [-0.25, -0.2) is 4.79 Å². The van der Waals surface area contributed by atoms with Gasteiger partial charge in [-0.05, 0) is 18.1 Å². The van der Waals surface area contributed by atoms with Gasteiger partial charge < -0.3 is 21.3 Å². The summed E-state index contributed by atoms with van der Waals surface area (Å²) in [5.41, 5.74) is 6.93. The molecule has 0 bridgehead atoms. The summed E-state index contributed by atoms with van der Waals surface area (Å²) < 4.78 is 1.31. The molecule has 9 heteroatoms. The Kier molecular flexibility index (Phi) is 6.30. The first-order chi connectivity index (χ1) is 12.7. The minimum absolute atomic E-state index is 0.0138. The quantitative estimate of drug-likeness (QED) is 0.527. The molecule has 0 aliphatic heterocycles. The molecule has 0 saturated carbocycles. The summed E-state index contributed by atoms with van der Waals surface area (Å²) in [5.74, 6) is -3.19. The highest BCUT2D eigenvalue weighted by Gasteiger charge is 2.24. The number of para-hydroxylation sites is 1. The van der Waals surface area contributed by atoms with Crippen LogP contribution in [0.5, 0.6) is 0 Å². The van der Waals surface area contributed by atoms with E-state index >= 15 is 0 Å². The normalized spacial score (nSPS) is 13.1. The molecule has 2 aromatic rings. The molecule has 2 atom stereocenters. The van der Waals surface area contributed by atoms with E-state index in [0.717, 1.165) is 0 Å². The van der Waals surface area contributed by atoms with Crippen LogP contribution in [0.2, 0.25) is 0 Å². The fourth-order valence-corrected chi connectivity index (χ4v) is 2.84. The number of hydrogen-bond acceptors (Lipinski definition) is 5. The summed E-state index contributed by atoms with van der Waals surface area (Å²) in [7, 11) is 0. The van der Waals surface area contributed by atoms with Gasteiger partial charge >= 0.3 is 11.9 Å². The van der Waals surface area contributed by atoms with E-state index in [-0.39, 0.29) is 19.3 Å². The smallest absolute Gasteiger partial charge is 0.326 e. The summed E-state index contributed by atoms with van der Waals surface area (Å²) in [4.78, 5) is 46.0. The van der Waals surface area contributed by atoms with E-state index in [1.165, 1.54) is 17.7 Å². The Labute approximate surface area is 154 Å². The Bertz CT molecular complexity index is 888. The van der Waals surface area contributed by atoms with E-state index in [0.29, 0.717) is 16.5 Å². The first kappa shape index (κ1) is 20.1. The number of nitrogens with one attached hydrogen (secondary N) is 1. The highest BCUT2D eigenvalue weighted by Crippen LogP contribution is 2.23. The molecule has 1 aromatic heterocycles. The monoisotopic (exact) mass is 375 g/mol. The number of carboxylic acids is 2. The topological polar surface area (TPSA) is 152 Å².